The van der Waals surface area contributed by atoms with Gasteiger partial charge in [-0.25, -0.2) is 4.98 Å². The minimum absolute atomic E-state index is 0.000323. The van der Waals surface area contributed by atoms with Crippen molar-refractivity contribution in [3.05, 3.63) is 57.9 Å². The molecule has 20 heavy (non-hydrogen) atoms. The van der Waals surface area contributed by atoms with Gasteiger partial charge in [-0.2, -0.15) is 0 Å². The summed E-state index contributed by atoms with van der Waals surface area (Å²) in [6.07, 6.45) is 1.46. The fraction of sp³-hybridized carbons (Fsp3) is 0.0769. The molecule has 0 aliphatic heterocycles. The van der Waals surface area contributed by atoms with Gasteiger partial charge < -0.3 is 11.1 Å². The van der Waals surface area contributed by atoms with Crippen molar-refractivity contribution < 1.29 is 9.72 Å². The van der Waals surface area contributed by atoms with E-state index in [0.29, 0.717) is 11.3 Å². The Morgan fingerprint density at radius 2 is 2.15 bits per heavy atom. The fourth-order valence-corrected chi connectivity index (χ4v) is 1.74. The fourth-order valence-electron chi connectivity index (χ4n) is 1.74. The maximum absolute atomic E-state index is 12.0. The van der Waals surface area contributed by atoms with Crippen molar-refractivity contribution in [1.29, 1.82) is 0 Å². The molecule has 1 amide bonds. The number of amides is 1. The van der Waals surface area contributed by atoms with Gasteiger partial charge in [0.15, 0.2) is 5.69 Å². The van der Waals surface area contributed by atoms with E-state index in [1.54, 1.807) is 19.1 Å². The molecule has 7 heteroatoms. The molecule has 1 aromatic carbocycles. The van der Waals surface area contributed by atoms with Crippen molar-refractivity contribution in [3.63, 3.8) is 0 Å². The number of aromatic nitrogens is 1. The van der Waals surface area contributed by atoms with E-state index in [4.69, 9.17) is 5.73 Å². The largest absolute Gasteiger partial charge is 0.397 e. The highest BCUT2D eigenvalue weighted by Crippen LogP contribution is 2.22. The summed E-state index contributed by atoms with van der Waals surface area (Å²) in [6.45, 7) is 1.60. The Morgan fingerprint density at radius 3 is 2.75 bits per heavy atom. The van der Waals surface area contributed by atoms with Gasteiger partial charge in [0.2, 0.25) is 0 Å². The molecule has 0 aliphatic carbocycles. The summed E-state index contributed by atoms with van der Waals surface area (Å²) in [6, 6.07) is 7.52. The first-order valence-electron chi connectivity index (χ1n) is 5.76. The number of hydrogen-bond donors (Lipinski definition) is 2. The molecule has 0 aliphatic rings. The van der Waals surface area contributed by atoms with E-state index >= 15 is 0 Å². The lowest BCUT2D eigenvalue weighted by Gasteiger charge is -2.07. The third-order valence-corrected chi connectivity index (χ3v) is 2.71. The van der Waals surface area contributed by atoms with E-state index in [1.807, 2.05) is 0 Å². The molecule has 0 radical (unpaired) electrons. The standard InChI is InChI=1S/C13H12N4O3/c1-8-7-9(4-5-11(8)17(19)20)16-13(18)12-10(14)3-2-6-15-12/h2-7H,14H2,1H3,(H,16,18). The van der Waals surface area contributed by atoms with Crippen LogP contribution < -0.4 is 11.1 Å². The van der Waals surface area contributed by atoms with E-state index in [-0.39, 0.29) is 17.1 Å². The summed E-state index contributed by atoms with van der Waals surface area (Å²) in [5, 5.41) is 13.3. The minimum Gasteiger partial charge on any atom is -0.397 e. The topological polar surface area (TPSA) is 111 Å². The highest BCUT2D eigenvalue weighted by atomic mass is 16.6. The van der Waals surface area contributed by atoms with E-state index in [2.05, 4.69) is 10.3 Å². The monoisotopic (exact) mass is 272 g/mol. The van der Waals surface area contributed by atoms with Crippen molar-refractivity contribution in [2.45, 2.75) is 6.92 Å². The van der Waals surface area contributed by atoms with Crippen LogP contribution in [0.15, 0.2) is 36.5 Å². The maximum Gasteiger partial charge on any atom is 0.276 e. The zero-order valence-electron chi connectivity index (χ0n) is 10.7. The molecule has 7 nitrogen and oxygen atoms in total. The Balaban J connectivity index is 2.23. The lowest BCUT2D eigenvalue weighted by molar-refractivity contribution is -0.385. The van der Waals surface area contributed by atoms with Gasteiger partial charge in [-0.1, -0.05) is 0 Å². The summed E-state index contributed by atoms with van der Waals surface area (Å²) >= 11 is 0. The molecule has 0 fully saturated rings. The molecule has 102 valence electrons. The van der Waals surface area contributed by atoms with Crippen LogP contribution in [-0.4, -0.2) is 15.8 Å². The molecule has 0 spiro atoms. The van der Waals surface area contributed by atoms with Gasteiger partial charge in [-0.3, -0.25) is 14.9 Å². The third-order valence-electron chi connectivity index (χ3n) is 2.71. The number of pyridine rings is 1. The van der Waals surface area contributed by atoms with E-state index in [9.17, 15) is 14.9 Å². The van der Waals surface area contributed by atoms with E-state index in [0.717, 1.165) is 0 Å². The number of anilines is 2. The molecule has 3 N–H and O–H groups in total. The molecule has 0 atom stereocenters. The Labute approximate surface area is 114 Å². The number of carbonyl (C=O) groups is 1. The molecule has 2 rings (SSSR count). The van der Waals surface area contributed by atoms with Crippen molar-refractivity contribution >= 4 is 23.0 Å². The van der Waals surface area contributed by atoms with Crippen LogP contribution in [0.25, 0.3) is 0 Å². The first kappa shape index (κ1) is 13.5. The molecule has 1 aromatic heterocycles. The van der Waals surface area contributed by atoms with Crippen LogP contribution >= 0.6 is 0 Å². The SMILES string of the molecule is Cc1cc(NC(=O)c2ncccc2N)ccc1[N+](=O)[O-]. The van der Waals surface area contributed by atoms with Gasteiger partial charge in [0, 0.05) is 23.5 Å². The lowest BCUT2D eigenvalue weighted by Crippen LogP contribution is -2.15. The molecule has 0 saturated heterocycles. The molecule has 1 heterocycles. The number of nitrogens with two attached hydrogens (primary N) is 1. The number of benzene rings is 1. The summed E-state index contributed by atoms with van der Waals surface area (Å²) in [5.74, 6) is -0.462. The second-order valence-corrected chi connectivity index (χ2v) is 4.15. The predicted octanol–water partition coefficient (Wildman–Crippen LogP) is 2.13. The van der Waals surface area contributed by atoms with Crippen LogP contribution in [0, 0.1) is 17.0 Å². The average Bonchev–Trinajstić information content (AvgIpc) is 2.38. The number of nitrogens with zero attached hydrogens (tertiary/aromatic N) is 2. The Hall–Kier alpha value is -2.96. The number of aryl methyl sites for hydroxylation is 1. The number of nitro benzene ring substituents is 1. The van der Waals surface area contributed by atoms with Crippen molar-refractivity contribution in [2.75, 3.05) is 11.1 Å². The summed E-state index contributed by atoms with van der Waals surface area (Å²) in [7, 11) is 0. The van der Waals surface area contributed by atoms with Crippen LogP contribution in [0.1, 0.15) is 16.1 Å². The first-order chi connectivity index (χ1) is 9.49. The van der Waals surface area contributed by atoms with Crippen LogP contribution in [0.3, 0.4) is 0 Å². The molecule has 2 aromatic rings. The van der Waals surface area contributed by atoms with Gasteiger partial charge in [0.25, 0.3) is 11.6 Å². The minimum atomic E-state index is -0.475. The number of rotatable bonds is 3. The number of nitro groups is 1. The lowest BCUT2D eigenvalue weighted by atomic mass is 10.2. The van der Waals surface area contributed by atoms with Crippen molar-refractivity contribution in [2.24, 2.45) is 0 Å². The quantitative estimate of drug-likeness (QED) is 0.656. The zero-order valence-corrected chi connectivity index (χ0v) is 10.7. The third kappa shape index (κ3) is 2.72. The van der Waals surface area contributed by atoms with Gasteiger partial charge in [-0.05, 0) is 31.2 Å². The van der Waals surface area contributed by atoms with Crippen molar-refractivity contribution in [1.82, 2.24) is 4.98 Å². The second kappa shape index (κ2) is 5.35. The van der Waals surface area contributed by atoms with Gasteiger partial charge >= 0.3 is 0 Å². The normalized spacial score (nSPS) is 10.1. The smallest absolute Gasteiger partial charge is 0.276 e. The Morgan fingerprint density at radius 1 is 1.40 bits per heavy atom. The highest BCUT2D eigenvalue weighted by molar-refractivity contribution is 6.06. The first-order valence-corrected chi connectivity index (χ1v) is 5.76. The Bertz CT molecular complexity index is 685. The number of nitrogens with one attached hydrogen (secondary N) is 1. The molecular weight excluding hydrogens is 260 g/mol. The van der Waals surface area contributed by atoms with E-state index in [1.165, 1.54) is 24.4 Å². The van der Waals surface area contributed by atoms with Gasteiger partial charge in [0.05, 0.1) is 10.6 Å². The number of carbonyl (C=O) groups excluding carboxylic acids is 1. The van der Waals surface area contributed by atoms with Gasteiger partial charge in [-0.15, -0.1) is 0 Å². The Kier molecular flexibility index (Phi) is 3.60. The second-order valence-electron chi connectivity index (χ2n) is 4.15. The van der Waals surface area contributed by atoms with Gasteiger partial charge in [0.1, 0.15) is 0 Å². The maximum atomic E-state index is 12.0. The molecular formula is C13H12N4O3. The number of hydrogen-bond acceptors (Lipinski definition) is 5. The molecule has 0 saturated carbocycles. The summed E-state index contributed by atoms with van der Waals surface area (Å²) < 4.78 is 0. The number of nitrogen functional groups attached to an aromatic ring is 1. The summed E-state index contributed by atoms with van der Waals surface area (Å²) in [4.78, 5) is 26.1. The predicted molar refractivity (Wildman–Crippen MR) is 74.4 cm³/mol. The average molecular weight is 272 g/mol. The molecule has 0 unspecified atom stereocenters. The summed E-state index contributed by atoms with van der Waals surface area (Å²) in [5.41, 5.74) is 6.95. The van der Waals surface area contributed by atoms with Crippen LogP contribution in [-0.2, 0) is 0 Å². The highest BCUT2D eigenvalue weighted by Gasteiger charge is 2.14. The zero-order chi connectivity index (χ0) is 14.7. The van der Waals surface area contributed by atoms with E-state index < -0.39 is 10.8 Å². The van der Waals surface area contributed by atoms with Crippen molar-refractivity contribution in [3.8, 4) is 0 Å². The van der Waals surface area contributed by atoms with Crippen LogP contribution in [0.5, 0.6) is 0 Å². The van der Waals surface area contributed by atoms with Crippen LogP contribution in [0.2, 0.25) is 0 Å². The van der Waals surface area contributed by atoms with Crippen LogP contribution in [0.4, 0.5) is 17.1 Å². The molecule has 0 bridgehead atoms.